The summed E-state index contributed by atoms with van der Waals surface area (Å²) in [4.78, 5) is 25.6. The van der Waals surface area contributed by atoms with E-state index < -0.39 is 36.5 Å². The van der Waals surface area contributed by atoms with Gasteiger partial charge < -0.3 is 23.6 Å². The van der Waals surface area contributed by atoms with Gasteiger partial charge in [-0.15, -0.1) is 0 Å². The molecule has 0 bridgehead atoms. The molecule has 0 heterocycles. The maximum Gasteiger partial charge on any atom is 0.383 e. The first kappa shape index (κ1) is 25.0. The summed E-state index contributed by atoms with van der Waals surface area (Å²) in [6.45, 7) is 4.80. The van der Waals surface area contributed by atoms with Crippen molar-refractivity contribution in [3.8, 4) is 0 Å². The number of halogens is 1. The molecule has 1 fully saturated rings. The number of aliphatic hydroxyl groups is 1. The molecule has 10 heteroatoms. The van der Waals surface area contributed by atoms with Crippen molar-refractivity contribution in [3.63, 3.8) is 0 Å². The topological polar surface area (TPSA) is 108 Å². The van der Waals surface area contributed by atoms with Gasteiger partial charge in [0, 0.05) is 5.92 Å². The molecule has 0 aromatic rings. The lowest BCUT2D eigenvalue weighted by atomic mass is 9.74. The van der Waals surface area contributed by atoms with E-state index in [1.54, 1.807) is 0 Å². The lowest BCUT2D eigenvalue weighted by molar-refractivity contribution is -0.201. The predicted octanol–water partition coefficient (Wildman–Crippen LogP) is 3.36. The molecule has 0 saturated heterocycles. The average Bonchev–Trinajstić information content (AvgIpc) is 2.67. The molecule has 164 valence electrons. The van der Waals surface area contributed by atoms with Gasteiger partial charge in [-0.05, 0) is 40.5 Å². The van der Waals surface area contributed by atoms with Crippen molar-refractivity contribution in [1.82, 2.24) is 0 Å². The van der Waals surface area contributed by atoms with Crippen LogP contribution in [0.25, 0.3) is 0 Å². The van der Waals surface area contributed by atoms with Crippen LogP contribution in [0.1, 0.15) is 59.8 Å². The molecule has 1 aliphatic rings. The molecule has 0 radical (unpaired) electrons. The van der Waals surface area contributed by atoms with Crippen molar-refractivity contribution in [2.45, 2.75) is 70.8 Å². The van der Waals surface area contributed by atoms with Crippen LogP contribution in [0.15, 0.2) is 0 Å². The molecule has 0 aliphatic heterocycles. The second-order valence-corrected chi connectivity index (χ2v) is 8.62. The summed E-state index contributed by atoms with van der Waals surface area (Å²) in [5.74, 6) is -4.05. The molecule has 28 heavy (non-hydrogen) atoms. The Labute approximate surface area is 165 Å². The van der Waals surface area contributed by atoms with Crippen molar-refractivity contribution < 1.29 is 42.2 Å². The molecule has 1 rings (SSSR count). The second kappa shape index (κ2) is 10.7. The molecule has 2 unspecified atom stereocenters. The quantitative estimate of drug-likeness (QED) is 0.396. The van der Waals surface area contributed by atoms with E-state index in [0.29, 0.717) is 12.8 Å². The van der Waals surface area contributed by atoms with Gasteiger partial charge in [-0.1, -0.05) is 19.3 Å². The van der Waals surface area contributed by atoms with Crippen LogP contribution in [0.2, 0.25) is 0 Å². The van der Waals surface area contributed by atoms with Crippen molar-refractivity contribution >= 4 is 19.5 Å². The van der Waals surface area contributed by atoms with E-state index >= 15 is 4.39 Å². The Morgan fingerprint density at radius 1 is 0.929 bits per heavy atom. The summed E-state index contributed by atoms with van der Waals surface area (Å²) in [5, 5.41) is 7.69. The zero-order valence-corrected chi connectivity index (χ0v) is 18.0. The van der Waals surface area contributed by atoms with E-state index in [9.17, 15) is 19.3 Å². The normalized spacial score (nSPS) is 20.1. The van der Waals surface area contributed by atoms with Crippen molar-refractivity contribution in [2.24, 2.45) is 5.92 Å². The maximum absolute atomic E-state index is 16.7. The number of rotatable bonds is 11. The third-order valence-electron chi connectivity index (χ3n) is 4.81. The fourth-order valence-corrected chi connectivity index (χ4v) is 5.68. The van der Waals surface area contributed by atoms with Crippen molar-refractivity contribution in [2.75, 3.05) is 26.4 Å². The van der Waals surface area contributed by atoms with Crippen LogP contribution in [0.3, 0.4) is 0 Å². The number of carbonyl (C=O) groups is 2. The zero-order valence-electron chi connectivity index (χ0n) is 17.1. The molecule has 0 aromatic heterocycles. The average molecular weight is 426 g/mol. The molecular formula is C18H32FO8P. The van der Waals surface area contributed by atoms with Crippen molar-refractivity contribution in [1.29, 1.82) is 0 Å². The molecule has 0 aromatic carbocycles. The number of carbonyl (C=O) groups excluding carboxylic acids is 2. The highest BCUT2D eigenvalue weighted by Gasteiger charge is 2.77. The minimum atomic E-state index is -4.98. The highest BCUT2D eigenvalue weighted by molar-refractivity contribution is 7.56. The molecule has 1 aliphatic carbocycles. The first-order valence-electron chi connectivity index (χ1n) is 9.84. The van der Waals surface area contributed by atoms with Crippen LogP contribution in [-0.4, -0.2) is 54.5 Å². The van der Waals surface area contributed by atoms with Gasteiger partial charge in [-0.25, -0.2) is 14.0 Å². The van der Waals surface area contributed by atoms with Crippen LogP contribution in [0, 0.1) is 5.92 Å². The highest BCUT2D eigenvalue weighted by atomic mass is 31.2. The first-order chi connectivity index (χ1) is 13.2. The fourth-order valence-electron chi connectivity index (χ4n) is 3.59. The Kier molecular flexibility index (Phi) is 9.53. The van der Waals surface area contributed by atoms with Crippen LogP contribution >= 0.6 is 7.60 Å². The number of ether oxygens (including phenoxy) is 2. The summed E-state index contributed by atoms with van der Waals surface area (Å²) >= 11 is 0. The Morgan fingerprint density at radius 3 is 1.82 bits per heavy atom. The standard InChI is InChI=1S/C18H32FO8P/c1-5-24-15(20)17(22,14-12-10-9-11-13-14)18(19,16(21)25-6-2)28(23,26-7-3)27-8-4/h14,22H,5-13H2,1-4H3. The van der Waals surface area contributed by atoms with E-state index in [2.05, 4.69) is 0 Å². The summed E-state index contributed by atoms with van der Waals surface area (Å²) in [5.41, 5.74) is -3.07. The lowest BCUT2D eigenvalue weighted by Gasteiger charge is -2.45. The summed E-state index contributed by atoms with van der Waals surface area (Å²) < 4.78 is 50.0. The van der Waals surface area contributed by atoms with Crippen molar-refractivity contribution in [3.05, 3.63) is 0 Å². The van der Waals surface area contributed by atoms with Gasteiger partial charge in [0.05, 0.1) is 26.4 Å². The molecule has 8 nitrogen and oxygen atoms in total. The number of esters is 2. The molecule has 0 spiro atoms. The lowest BCUT2D eigenvalue weighted by Crippen LogP contribution is -2.66. The second-order valence-electron chi connectivity index (χ2n) is 6.50. The summed E-state index contributed by atoms with van der Waals surface area (Å²) in [6, 6.07) is 0. The number of hydrogen-bond donors (Lipinski definition) is 1. The van der Waals surface area contributed by atoms with E-state index in [1.165, 1.54) is 27.7 Å². The van der Waals surface area contributed by atoms with Crippen LogP contribution in [-0.2, 0) is 32.7 Å². The van der Waals surface area contributed by atoms with Gasteiger partial charge in [0.1, 0.15) is 0 Å². The molecule has 1 N–H and O–H groups in total. The largest absolute Gasteiger partial charge is 0.464 e. The minimum absolute atomic E-state index is 0.166. The van der Waals surface area contributed by atoms with E-state index in [-0.39, 0.29) is 39.3 Å². The third-order valence-corrected chi connectivity index (χ3v) is 7.28. The van der Waals surface area contributed by atoms with Gasteiger partial charge in [0.15, 0.2) is 0 Å². The SMILES string of the molecule is CCOC(=O)C(O)(C1CCCCC1)C(F)(C(=O)OCC)P(=O)(OCC)OCC. The Morgan fingerprint density at radius 2 is 1.39 bits per heavy atom. The maximum atomic E-state index is 16.7. The van der Waals surface area contributed by atoms with E-state index in [1.807, 2.05) is 0 Å². The Bertz CT molecular complexity index is 570. The van der Waals surface area contributed by atoms with E-state index in [4.69, 9.17) is 18.5 Å². The number of hydrogen-bond acceptors (Lipinski definition) is 8. The third kappa shape index (κ3) is 4.42. The molecule has 0 amide bonds. The Balaban J connectivity index is 3.72. The summed E-state index contributed by atoms with van der Waals surface area (Å²) in [6.07, 6.45) is 2.55. The van der Waals surface area contributed by atoms with Crippen LogP contribution in [0.4, 0.5) is 4.39 Å². The Hall–Kier alpha value is -1.02. The fraction of sp³-hybridized carbons (Fsp3) is 0.889. The molecular weight excluding hydrogens is 394 g/mol. The zero-order chi connectivity index (χ0) is 21.4. The minimum Gasteiger partial charge on any atom is -0.464 e. The van der Waals surface area contributed by atoms with Gasteiger partial charge >= 0.3 is 24.9 Å². The monoisotopic (exact) mass is 426 g/mol. The molecule has 1 saturated carbocycles. The smallest absolute Gasteiger partial charge is 0.383 e. The summed E-state index contributed by atoms with van der Waals surface area (Å²) in [7, 11) is -4.98. The van der Waals surface area contributed by atoms with Gasteiger partial charge in [-0.3, -0.25) is 4.57 Å². The highest BCUT2D eigenvalue weighted by Crippen LogP contribution is 2.67. The predicted molar refractivity (Wildman–Crippen MR) is 99.5 cm³/mol. The van der Waals surface area contributed by atoms with E-state index in [0.717, 1.165) is 6.42 Å². The molecule has 2 atom stereocenters. The first-order valence-corrected chi connectivity index (χ1v) is 11.4. The van der Waals surface area contributed by atoms with Crippen LogP contribution in [0.5, 0.6) is 0 Å². The van der Waals surface area contributed by atoms with Gasteiger partial charge in [0.25, 0.3) is 0 Å². The van der Waals surface area contributed by atoms with Gasteiger partial charge in [-0.2, -0.15) is 0 Å². The van der Waals surface area contributed by atoms with Crippen LogP contribution < -0.4 is 0 Å². The number of alkyl halides is 1. The van der Waals surface area contributed by atoms with Gasteiger partial charge in [0.2, 0.25) is 5.60 Å².